The maximum atomic E-state index is 13.6. The van der Waals surface area contributed by atoms with Crippen LogP contribution in [0.4, 0.5) is 4.39 Å². The molecule has 0 aliphatic heterocycles. The van der Waals surface area contributed by atoms with Gasteiger partial charge in [0.05, 0.1) is 17.1 Å². The molecule has 0 bridgehead atoms. The monoisotopic (exact) mass is 499 g/mol. The summed E-state index contributed by atoms with van der Waals surface area (Å²) in [5.41, 5.74) is 1.95. The first kappa shape index (κ1) is 23.5. The van der Waals surface area contributed by atoms with Gasteiger partial charge in [-0.15, -0.1) is 0 Å². The van der Waals surface area contributed by atoms with E-state index in [0.29, 0.717) is 25.1 Å². The molecule has 4 aromatic rings. The topological polar surface area (TPSA) is 56.9 Å². The molecule has 0 aliphatic rings. The molecule has 0 spiro atoms. The first-order valence-electron chi connectivity index (χ1n) is 10.2. The lowest BCUT2D eigenvalue weighted by Crippen LogP contribution is -2.24. The van der Waals surface area contributed by atoms with Crippen molar-refractivity contribution in [1.82, 2.24) is 14.1 Å². The summed E-state index contributed by atoms with van der Waals surface area (Å²) in [4.78, 5) is 31.1. The van der Waals surface area contributed by atoms with Crippen molar-refractivity contribution in [1.29, 1.82) is 0 Å². The van der Waals surface area contributed by atoms with Crippen molar-refractivity contribution in [3.8, 4) is 11.4 Å². The van der Waals surface area contributed by atoms with Crippen molar-refractivity contribution >= 4 is 51.4 Å². The van der Waals surface area contributed by atoms with Crippen LogP contribution in [0.15, 0.2) is 58.5 Å². The Balaban J connectivity index is 1.98. The zero-order valence-electron chi connectivity index (χ0n) is 18.6. The summed E-state index contributed by atoms with van der Waals surface area (Å²) in [5.74, 6) is -0.217. The number of thiazole rings is 1. The highest BCUT2D eigenvalue weighted by Crippen LogP contribution is 2.29. The van der Waals surface area contributed by atoms with Gasteiger partial charge in [0.25, 0.3) is 5.56 Å². The predicted molar refractivity (Wildman–Crippen MR) is 135 cm³/mol. The molecule has 0 N–H and O–H groups in total. The van der Waals surface area contributed by atoms with Crippen LogP contribution in [0.25, 0.3) is 21.7 Å². The third-order valence-electron chi connectivity index (χ3n) is 5.19. The Bertz CT molecular complexity index is 1480. The molecule has 0 saturated heterocycles. The number of para-hydroxylation sites is 1. The Hall–Kier alpha value is -2.62. The molecule has 0 radical (unpaired) electrons. The molecule has 33 heavy (non-hydrogen) atoms. The molecule has 2 heterocycles. The van der Waals surface area contributed by atoms with Crippen LogP contribution in [-0.4, -0.2) is 25.7 Å². The van der Waals surface area contributed by atoms with E-state index in [0.717, 1.165) is 11.3 Å². The second kappa shape index (κ2) is 8.96. The molecular formula is C24H22FN3O2S3. The van der Waals surface area contributed by atoms with Gasteiger partial charge in [0.15, 0.2) is 14.8 Å². The summed E-state index contributed by atoms with van der Waals surface area (Å²) >= 11 is 8.00. The van der Waals surface area contributed by atoms with Crippen molar-refractivity contribution < 1.29 is 9.18 Å². The Morgan fingerprint density at radius 3 is 2.42 bits per heavy atom. The second-order valence-electron chi connectivity index (χ2n) is 8.62. The van der Waals surface area contributed by atoms with Crippen LogP contribution in [0.2, 0.25) is 0 Å². The molecule has 4 rings (SSSR count). The molecule has 170 valence electrons. The van der Waals surface area contributed by atoms with Gasteiger partial charge in [-0.3, -0.25) is 18.7 Å². The Morgan fingerprint density at radius 1 is 1.12 bits per heavy atom. The van der Waals surface area contributed by atoms with Gasteiger partial charge in [0, 0.05) is 5.41 Å². The lowest BCUT2D eigenvalue weighted by atomic mass is 9.92. The minimum atomic E-state index is -0.519. The number of benzene rings is 2. The van der Waals surface area contributed by atoms with E-state index in [4.69, 9.17) is 17.2 Å². The number of aromatic nitrogens is 3. The summed E-state index contributed by atoms with van der Waals surface area (Å²) in [6.45, 7) is 7.54. The molecule has 0 aliphatic carbocycles. The Morgan fingerprint density at radius 2 is 1.79 bits per heavy atom. The van der Waals surface area contributed by atoms with Crippen LogP contribution in [0.5, 0.6) is 0 Å². The Kier molecular flexibility index (Phi) is 6.39. The molecular weight excluding hydrogens is 477 g/mol. The molecule has 9 heteroatoms. The minimum Gasteiger partial charge on any atom is -0.298 e. The highest BCUT2D eigenvalue weighted by molar-refractivity contribution is 7.99. The van der Waals surface area contributed by atoms with Crippen LogP contribution in [0, 0.1) is 22.1 Å². The van der Waals surface area contributed by atoms with E-state index in [1.165, 1.54) is 51.9 Å². The maximum absolute atomic E-state index is 13.6. The molecule has 0 atom stereocenters. The minimum absolute atomic E-state index is 0.0357. The van der Waals surface area contributed by atoms with Crippen molar-refractivity contribution in [2.75, 3.05) is 5.75 Å². The fraction of sp³-hybridized carbons (Fsp3) is 0.250. The molecule has 0 fully saturated rings. The zero-order valence-corrected chi connectivity index (χ0v) is 21.0. The molecule has 5 nitrogen and oxygen atoms in total. The number of rotatable bonds is 5. The number of Topliss-reactive ketones (excluding diaryl/α,β-unsaturated/α-hetero) is 1. The number of fused-ring (bicyclic) bond motifs is 1. The molecule has 2 aromatic carbocycles. The van der Waals surface area contributed by atoms with E-state index in [9.17, 15) is 14.0 Å². The number of carbonyl (C=O) groups excluding carboxylic acids is 1. The largest absolute Gasteiger partial charge is 0.298 e. The van der Waals surface area contributed by atoms with E-state index in [2.05, 4.69) is 0 Å². The molecule has 0 unspecified atom stereocenters. The van der Waals surface area contributed by atoms with E-state index in [1.54, 1.807) is 4.57 Å². The summed E-state index contributed by atoms with van der Waals surface area (Å²) in [6.07, 6.45) is 0. The molecule has 0 saturated carbocycles. The second-order valence-corrected chi connectivity index (χ2v) is 11.2. The first-order valence-corrected chi connectivity index (χ1v) is 12.5. The SMILES string of the molecule is Cc1ccccc1-n1c(=S)sc2c(=O)n(-c3ccc(F)cc3)c(SCC(=O)C(C)(C)C)nc21. The fourth-order valence-corrected chi connectivity index (χ4v) is 5.68. The number of halogens is 1. The molecule has 2 aromatic heterocycles. The van der Waals surface area contributed by atoms with Crippen molar-refractivity contribution in [3.05, 3.63) is 74.2 Å². The van der Waals surface area contributed by atoms with Gasteiger partial charge in [0.2, 0.25) is 0 Å². The van der Waals surface area contributed by atoms with E-state index >= 15 is 0 Å². The third kappa shape index (κ3) is 4.58. The standard InChI is InChI=1S/C24H22FN3O2S3/c1-14-7-5-6-8-17(14)28-20-19(33-23(28)31)21(30)27(16-11-9-15(25)10-12-16)22(26-20)32-13-18(29)24(2,3)4/h5-12H,13H2,1-4H3. The number of thioether (sulfide) groups is 1. The van der Waals surface area contributed by atoms with E-state index in [1.807, 2.05) is 52.0 Å². The zero-order chi connectivity index (χ0) is 23.9. The maximum Gasteiger partial charge on any atom is 0.278 e. The lowest BCUT2D eigenvalue weighted by molar-refractivity contribution is -0.123. The Labute approximate surface area is 203 Å². The summed E-state index contributed by atoms with van der Waals surface area (Å²) in [6, 6.07) is 13.4. The highest BCUT2D eigenvalue weighted by atomic mass is 32.2. The van der Waals surface area contributed by atoms with E-state index < -0.39 is 11.2 Å². The fourth-order valence-electron chi connectivity index (χ4n) is 3.22. The van der Waals surface area contributed by atoms with Crippen molar-refractivity contribution in [3.63, 3.8) is 0 Å². The van der Waals surface area contributed by atoms with Gasteiger partial charge in [-0.2, -0.15) is 0 Å². The van der Waals surface area contributed by atoms with Crippen LogP contribution in [-0.2, 0) is 4.79 Å². The predicted octanol–water partition coefficient (Wildman–Crippen LogP) is 6.12. The van der Waals surface area contributed by atoms with Crippen LogP contribution >= 0.6 is 35.3 Å². The number of hydrogen-bond donors (Lipinski definition) is 0. The number of nitrogens with zero attached hydrogens (tertiary/aromatic N) is 3. The normalized spacial score (nSPS) is 11.8. The van der Waals surface area contributed by atoms with Crippen LogP contribution in [0.3, 0.4) is 0 Å². The van der Waals surface area contributed by atoms with Gasteiger partial charge >= 0.3 is 0 Å². The van der Waals surface area contributed by atoms with Crippen molar-refractivity contribution in [2.45, 2.75) is 32.9 Å². The summed E-state index contributed by atoms with van der Waals surface area (Å²) in [7, 11) is 0. The van der Waals surface area contributed by atoms with Crippen LogP contribution in [0.1, 0.15) is 26.3 Å². The van der Waals surface area contributed by atoms with Gasteiger partial charge in [-0.25, -0.2) is 9.37 Å². The third-order valence-corrected chi connectivity index (χ3v) is 7.48. The van der Waals surface area contributed by atoms with Gasteiger partial charge in [0.1, 0.15) is 16.3 Å². The average molecular weight is 500 g/mol. The lowest BCUT2D eigenvalue weighted by Gasteiger charge is -2.17. The van der Waals surface area contributed by atoms with E-state index in [-0.39, 0.29) is 17.1 Å². The van der Waals surface area contributed by atoms with Crippen LogP contribution < -0.4 is 5.56 Å². The average Bonchev–Trinajstić information content (AvgIpc) is 3.09. The van der Waals surface area contributed by atoms with Gasteiger partial charge < -0.3 is 0 Å². The number of ketones is 1. The number of aryl methyl sites for hydroxylation is 1. The smallest absolute Gasteiger partial charge is 0.278 e. The quantitative estimate of drug-likeness (QED) is 0.188. The summed E-state index contributed by atoms with van der Waals surface area (Å²) < 4.78 is 17.7. The summed E-state index contributed by atoms with van der Waals surface area (Å²) in [5, 5.41) is 0.354. The first-order chi connectivity index (χ1) is 15.6. The van der Waals surface area contributed by atoms with Gasteiger partial charge in [-0.05, 0) is 55.0 Å². The molecule has 0 amide bonds. The number of carbonyl (C=O) groups is 1. The van der Waals surface area contributed by atoms with Gasteiger partial charge in [-0.1, -0.05) is 62.1 Å². The number of hydrogen-bond acceptors (Lipinski definition) is 6. The highest BCUT2D eigenvalue weighted by Gasteiger charge is 2.24. The van der Waals surface area contributed by atoms with Crippen molar-refractivity contribution in [2.24, 2.45) is 5.41 Å².